The molecule has 5 nitrogen and oxygen atoms in total. The molecule has 0 saturated heterocycles. The lowest BCUT2D eigenvalue weighted by atomic mass is 10.1. The monoisotopic (exact) mass is 318 g/mol. The van der Waals surface area contributed by atoms with E-state index in [0.717, 1.165) is 10.8 Å². The van der Waals surface area contributed by atoms with E-state index in [1.165, 1.54) is 4.31 Å². The summed E-state index contributed by atoms with van der Waals surface area (Å²) in [5.41, 5.74) is 0.712. The fourth-order valence-electron chi connectivity index (χ4n) is 2.87. The van der Waals surface area contributed by atoms with E-state index in [1.807, 2.05) is 31.2 Å². The number of sulfonamides is 1. The maximum atomic E-state index is 12.7. The third-order valence-corrected chi connectivity index (χ3v) is 5.68. The van der Waals surface area contributed by atoms with E-state index in [-0.39, 0.29) is 5.91 Å². The Morgan fingerprint density at radius 1 is 1.18 bits per heavy atom. The lowest BCUT2D eigenvalue weighted by molar-refractivity contribution is -0.121. The predicted octanol–water partition coefficient (Wildman–Crippen LogP) is 2.26. The van der Waals surface area contributed by atoms with Crippen LogP contribution in [0, 0.1) is 0 Å². The first kappa shape index (κ1) is 14.8. The molecular weight excluding hydrogens is 300 g/mol. The molecule has 0 aliphatic carbocycles. The lowest BCUT2D eigenvalue weighted by Crippen LogP contribution is -2.30. The number of rotatable bonds is 5. The highest BCUT2D eigenvalue weighted by Crippen LogP contribution is 2.41. The highest BCUT2D eigenvalue weighted by atomic mass is 32.2. The van der Waals surface area contributed by atoms with Gasteiger partial charge in [0.2, 0.25) is 5.91 Å². The molecule has 6 heteroatoms. The molecule has 1 N–H and O–H groups in total. The number of anilines is 1. The van der Waals surface area contributed by atoms with Gasteiger partial charge in [0, 0.05) is 24.9 Å². The number of carbonyl (C=O) groups excluding carboxylic acids is 1. The number of amides is 1. The summed E-state index contributed by atoms with van der Waals surface area (Å²) in [7, 11) is -3.51. The van der Waals surface area contributed by atoms with Crippen LogP contribution in [0.1, 0.15) is 19.8 Å². The third-order valence-electron chi connectivity index (χ3n) is 3.82. The van der Waals surface area contributed by atoms with Crippen molar-refractivity contribution in [1.82, 2.24) is 5.32 Å². The number of benzene rings is 2. The number of carbonyl (C=O) groups is 1. The van der Waals surface area contributed by atoms with Crippen molar-refractivity contribution in [2.24, 2.45) is 0 Å². The van der Waals surface area contributed by atoms with Crippen LogP contribution >= 0.6 is 0 Å². The molecular formula is C16H18N2O3S. The average Bonchev–Trinajstić information content (AvgIpc) is 2.71. The summed E-state index contributed by atoms with van der Waals surface area (Å²) < 4.78 is 26.8. The molecule has 0 saturated carbocycles. The van der Waals surface area contributed by atoms with E-state index in [4.69, 9.17) is 0 Å². The standard InChI is InChI=1S/C16H18N2O3S/c1-2-17-15(19)10-5-11-18-13-8-3-6-12-7-4-9-14(16(12)13)22(18,20)21/h3-4,6-9H,2,5,10-11H2,1H3,(H,17,19). The van der Waals surface area contributed by atoms with Crippen molar-refractivity contribution >= 4 is 32.4 Å². The highest BCUT2D eigenvalue weighted by molar-refractivity contribution is 7.93. The quantitative estimate of drug-likeness (QED) is 0.919. The van der Waals surface area contributed by atoms with Gasteiger partial charge in [-0.25, -0.2) is 8.42 Å². The SMILES string of the molecule is CCNC(=O)CCCN1c2cccc3cccc(c23)S1(=O)=O. The first-order valence-electron chi connectivity index (χ1n) is 7.37. The van der Waals surface area contributed by atoms with Crippen LogP contribution in [0.2, 0.25) is 0 Å². The van der Waals surface area contributed by atoms with Crippen molar-refractivity contribution in [2.45, 2.75) is 24.7 Å². The number of hydrogen-bond acceptors (Lipinski definition) is 3. The molecule has 0 aromatic heterocycles. The molecule has 2 aromatic rings. The first-order valence-corrected chi connectivity index (χ1v) is 8.81. The lowest BCUT2D eigenvalue weighted by Gasteiger charge is -2.18. The Kier molecular flexibility index (Phi) is 3.78. The number of nitrogens with zero attached hydrogens (tertiary/aromatic N) is 1. The minimum absolute atomic E-state index is 0.0465. The zero-order valence-electron chi connectivity index (χ0n) is 12.4. The predicted molar refractivity (Wildman–Crippen MR) is 86.4 cm³/mol. The summed E-state index contributed by atoms with van der Waals surface area (Å²) in [6.07, 6.45) is 0.821. The Hall–Kier alpha value is -2.08. The minimum atomic E-state index is -3.51. The molecule has 22 heavy (non-hydrogen) atoms. The van der Waals surface area contributed by atoms with Gasteiger partial charge in [-0.2, -0.15) is 0 Å². The molecule has 0 radical (unpaired) electrons. The van der Waals surface area contributed by atoms with E-state index in [0.29, 0.717) is 36.5 Å². The Morgan fingerprint density at radius 3 is 2.64 bits per heavy atom. The molecule has 0 spiro atoms. The second kappa shape index (κ2) is 5.61. The van der Waals surface area contributed by atoms with Crippen LogP contribution in [-0.4, -0.2) is 27.4 Å². The maximum Gasteiger partial charge on any atom is 0.265 e. The van der Waals surface area contributed by atoms with Gasteiger partial charge in [0.05, 0.1) is 10.6 Å². The van der Waals surface area contributed by atoms with E-state index in [1.54, 1.807) is 12.1 Å². The van der Waals surface area contributed by atoms with Crippen LogP contribution in [0.3, 0.4) is 0 Å². The molecule has 0 unspecified atom stereocenters. The van der Waals surface area contributed by atoms with Gasteiger partial charge in [-0.15, -0.1) is 0 Å². The summed E-state index contributed by atoms with van der Waals surface area (Å²) >= 11 is 0. The van der Waals surface area contributed by atoms with Crippen LogP contribution in [0.4, 0.5) is 5.69 Å². The fraction of sp³-hybridized carbons (Fsp3) is 0.312. The molecule has 2 aromatic carbocycles. The Bertz CT molecular complexity index is 825. The van der Waals surface area contributed by atoms with Gasteiger partial charge in [-0.05, 0) is 30.9 Å². The molecule has 116 valence electrons. The van der Waals surface area contributed by atoms with Crippen molar-refractivity contribution in [2.75, 3.05) is 17.4 Å². The fourth-order valence-corrected chi connectivity index (χ4v) is 4.62. The van der Waals surface area contributed by atoms with E-state index >= 15 is 0 Å². The Balaban J connectivity index is 1.88. The van der Waals surface area contributed by atoms with E-state index in [9.17, 15) is 13.2 Å². The normalized spacial score (nSPS) is 15.2. The summed E-state index contributed by atoms with van der Waals surface area (Å²) in [4.78, 5) is 11.9. The van der Waals surface area contributed by atoms with E-state index in [2.05, 4.69) is 5.32 Å². The molecule has 1 aliphatic heterocycles. The van der Waals surface area contributed by atoms with Crippen molar-refractivity contribution in [3.8, 4) is 0 Å². The van der Waals surface area contributed by atoms with Crippen molar-refractivity contribution < 1.29 is 13.2 Å². The van der Waals surface area contributed by atoms with Crippen molar-refractivity contribution in [3.63, 3.8) is 0 Å². The van der Waals surface area contributed by atoms with E-state index < -0.39 is 10.0 Å². The van der Waals surface area contributed by atoms with Crippen LogP contribution in [0.25, 0.3) is 10.8 Å². The molecule has 1 heterocycles. The molecule has 1 amide bonds. The molecule has 0 fully saturated rings. The largest absolute Gasteiger partial charge is 0.356 e. The highest BCUT2D eigenvalue weighted by Gasteiger charge is 2.34. The zero-order chi connectivity index (χ0) is 15.7. The molecule has 3 rings (SSSR count). The summed E-state index contributed by atoms with van der Waals surface area (Å²) in [6.45, 7) is 2.76. The van der Waals surface area contributed by atoms with Gasteiger partial charge in [-0.1, -0.05) is 24.3 Å². The topological polar surface area (TPSA) is 66.5 Å². The van der Waals surface area contributed by atoms with Gasteiger partial charge < -0.3 is 5.32 Å². The van der Waals surface area contributed by atoms with Crippen molar-refractivity contribution in [1.29, 1.82) is 0 Å². The van der Waals surface area contributed by atoms with Gasteiger partial charge in [0.25, 0.3) is 10.0 Å². The number of nitrogens with one attached hydrogen (secondary N) is 1. The van der Waals surface area contributed by atoms with Crippen LogP contribution in [0.15, 0.2) is 41.3 Å². The molecule has 0 atom stereocenters. The average molecular weight is 318 g/mol. The second-order valence-electron chi connectivity index (χ2n) is 5.27. The minimum Gasteiger partial charge on any atom is -0.356 e. The van der Waals surface area contributed by atoms with Gasteiger partial charge in [0.15, 0.2) is 0 Å². The Labute approximate surface area is 130 Å². The van der Waals surface area contributed by atoms with Crippen molar-refractivity contribution in [3.05, 3.63) is 36.4 Å². The first-order chi connectivity index (χ1) is 10.6. The van der Waals surface area contributed by atoms with Crippen LogP contribution in [-0.2, 0) is 14.8 Å². The summed E-state index contributed by atoms with van der Waals surface area (Å²) in [5.74, 6) is -0.0465. The third kappa shape index (κ3) is 2.33. The maximum absolute atomic E-state index is 12.7. The zero-order valence-corrected chi connectivity index (χ0v) is 13.2. The molecule has 0 bridgehead atoms. The van der Waals surface area contributed by atoms with Gasteiger partial charge in [-0.3, -0.25) is 9.10 Å². The Morgan fingerprint density at radius 2 is 1.91 bits per heavy atom. The van der Waals surface area contributed by atoms with Crippen LogP contribution < -0.4 is 9.62 Å². The second-order valence-corrected chi connectivity index (χ2v) is 7.10. The van der Waals surface area contributed by atoms with Gasteiger partial charge >= 0.3 is 0 Å². The summed E-state index contributed by atoms with van der Waals surface area (Å²) in [5, 5.41) is 4.42. The summed E-state index contributed by atoms with van der Waals surface area (Å²) in [6, 6.07) is 10.9. The molecule has 1 aliphatic rings. The number of hydrogen-bond donors (Lipinski definition) is 1. The smallest absolute Gasteiger partial charge is 0.265 e. The van der Waals surface area contributed by atoms with Gasteiger partial charge in [0.1, 0.15) is 0 Å². The van der Waals surface area contributed by atoms with Crippen LogP contribution in [0.5, 0.6) is 0 Å².